The normalized spacial score (nSPS) is 32.9. The highest BCUT2D eigenvalue weighted by molar-refractivity contribution is 5.80. The number of alkyl halides is 2. The molecule has 0 aromatic heterocycles. The van der Waals surface area contributed by atoms with Crippen molar-refractivity contribution in [1.29, 1.82) is 0 Å². The molecule has 1 unspecified atom stereocenters. The van der Waals surface area contributed by atoms with E-state index >= 15 is 0 Å². The summed E-state index contributed by atoms with van der Waals surface area (Å²) in [5.74, 6) is -6.19. The van der Waals surface area contributed by atoms with Crippen LogP contribution < -0.4 is 0 Å². The lowest BCUT2D eigenvalue weighted by atomic mass is 9.49. The molecule has 4 aliphatic rings. The molecule has 5 rings (SSSR count). The van der Waals surface area contributed by atoms with Gasteiger partial charge in [0.1, 0.15) is 5.75 Å². The molecule has 1 atom stereocenters. The van der Waals surface area contributed by atoms with Crippen LogP contribution in [0.25, 0.3) is 0 Å². The van der Waals surface area contributed by atoms with Crippen molar-refractivity contribution in [2.45, 2.75) is 50.6 Å². The van der Waals surface area contributed by atoms with Gasteiger partial charge in [0.2, 0.25) is 6.10 Å². The summed E-state index contributed by atoms with van der Waals surface area (Å²) in [5, 5.41) is 18.4. The van der Waals surface area contributed by atoms with Gasteiger partial charge < -0.3 is 14.9 Å². The van der Waals surface area contributed by atoms with E-state index in [1.54, 1.807) is 0 Å². The van der Waals surface area contributed by atoms with Crippen molar-refractivity contribution in [1.82, 2.24) is 0 Å². The maximum Gasteiger partial charge on any atom is 0.382 e. The van der Waals surface area contributed by atoms with Gasteiger partial charge in [0.05, 0.1) is 5.41 Å². The van der Waals surface area contributed by atoms with Crippen LogP contribution in [-0.2, 0) is 14.3 Å². The van der Waals surface area contributed by atoms with E-state index in [2.05, 4.69) is 0 Å². The third kappa shape index (κ3) is 3.07. The minimum absolute atomic E-state index is 0.149. The molecule has 0 spiro atoms. The van der Waals surface area contributed by atoms with Crippen molar-refractivity contribution >= 4 is 11.9 Å². The van der Waals surface area contributed by atoms with Crippen LogP contribution in [0, 0.1) is 23.2 Å². The minimum atomic E-state index is -4.27. The van der Waals surface area contributed by atoms with Gasteiger partial charge in [-0.1, -0.05) is 12.1 Å². The van der Waals surface area contributed by atoms with Crippen LogP contribution in [-0.4, -0.2) is 28.1 Å². The molecule has 0 amide bonds. The summed E-state index contributed by atoms with van der Waals surface area (Å²) in [6, 6.07) is 4.64. The standard InChI is InChI=1S/C20H22F2O5/c21-20(22,17(24)25)16(14-1-3-15(23)4-2-14)27-18(26)19-8-11-5-12(9-19)7-13(6-11)10-19/h1-4,11-13,16,23H,5-10H2,(H,24,25). The second-order valence-corrected chi connectivity index (χ2v) is 8.50. The molecule has 2 N–H and O–H groups in total. The van der Waals surface area contributed by atoms with E-state index in [4.69, 9.17) is 9.84 Å². The molecule has 4 bridgehead atoms. The summed E-state index contributed by atoms with van der Waals surface area (Å²) in [5.41, 5.74) is -0.920. The average Bonchev–Trinajstić information content (AvgIpc) is 2.59. The summed E-state index contributed by atoms with van der Waals surface area (Å²) < 4.78 is 34.0. The molecule has 5 nitrogen and oxygen atoms in total. The van der Waals surface area contributed by atoms with Gasteiger partial charge in [-0.15, -0.1) is 0 Å². The van der Waals surface area contributed by atoms with Crippen LogP contribution in [0.2, 0.25) is 0 Å². The van der Waals surface area contributed by atoms with E-state index < -0.39 is 29.4 Å². The molecule has 4 saturated carbocycles. The Morgan fingerprint density at radius 1 is 1.04 bits per heavy atom. The number of ether oxygens (including phenoxy) is 1. The number of carbonyl (C=O) groups excluding carboxylic acids is 1. The van der Waals surface area contributed by atoms with E-state index in [1.165, 1.54) is 12.1 Å². The van der Waals surface area contributed by atoms with Crippen LogP contribution in [0.1, 0.15) is 50.2 Å². The Labute approximate surface area is 155 Å². The van der Waals surface area contributed by atoms with Crippen molar-refractivity contribution in [3.05, 3.63) is 29.8 Å². The highest BCUT2D eigenvalue weighted by atomic mass is 19.3. The second-order valence-electron chi connectivity index (χ2n) is 8.50. The van der Waals surface area contributed by atoms with Crippen molar-refractivity contribution in [3.8, 4) is 5.75 Å². The molecule has 1 aromatic carbocycles. The first-order valence-corrected chi connectivity index (χ1v) is 9.31. The lowest BCUT2D eigenvalue weighted by molar-refractivity contribution is -0.207. The quantitative estimate of drug-likeness (QED) is 0.757. The van der Waals surface area contributed by atoms with E-state index in [-0.39, 0.29) is 11.3 Å². The lowest BCUT2D eigenvalue weighted by Gasteiger charge is -2.55. The highest BCUT2D eigenvalue weighted by Crippen LogP contribution is 2.60. The lowest BCUT2D eigenvalue weighted by Crippen LogP contribution is -2.51. The van der Waals surface area contributed by atoms with Gasteiger partial charge in [-0.25, -0.2) is 4.79 Å². The Morgan fingerprint density at radius 3 is 1.96 bits per heavy atom. The molecule has 146 valence electrons. The first kappa shape index (κ1) is 18.2. The zero-order valence-corrected chi connectivity index (χ0v) is 14.7. The van der Waals surface area contributed by atoms with Crippen molar-refractivity contribution in [2.24, 2.45) is 23.2 Å². The van der Waals surface area contributed by atoms with Gasteiger partial charge in [0, 0.05) is 0 Å². The number of hydrogen-bond donors (Lipinski definition) is 2. The van der Waals surface area contributed by atoms with Gasteiger partial charge in [0.15, 0.2) is 0 Å². The smallest absolute Gasteiger partial charge is 0.382 e. The number of rotatable bonds is 5. The predicted molar refractivity (Wildman–Crippen MR) is 90.1 cm³/mol. The highest BCUT2D eigenvalue weighted by Gasteiger charge is 2.58. The van der Waals surface area contributed by atoms with Gasteiger partial charge in [-0.2, -0.15) is 8.78 Å². The molecule has 0 heterocycles. The SMILES string of the molecule is O=C(OC(c1ccc(O)cc1)C(F)(F)C(=O)O)C12CC3CC(CC(C3)C1)C2. The number of benzene rings is 1. The molecular formula is C20H22F2O5. The number of aliphatic carboxylic acids is 1. The first-order chi connectivity index (χ1) is 12.7. The fourth-order valence-electron chi connectivity index (χ4n) is 5.71. The van der Waals surface area contributed by atoms with Crippen LogP contribution in [0.3, 0.4) is 0 Å². The fourth-order valence-corrected chi connectivity index (χ4v) is 5.71. The topological polar surface area (TPSA) is 83.8 Å². The fraction of sp³-hybridized carbons (Fsp3) is 0.600. The number of hydrogen-bond acceptors (Lipinski definition) is 4. The van der Waals surface area contributed by atoms with Gasteiger partial charge in [-0.05, 0) is 74.0 Å². The maximum atomic E-state index is 14.4. The van der Waals surface area contributed by atoms with Crippen LogP contribution in [0.15, 0.2) is 24.3 Å². The zero-order valence-electron chi connectivity index (χ0n) is 14.7. The number of carboxylic acid groups (broad SMARTS) is 1. The van der Waals surface area contributed by atoms with Crippen LogP contribution in [0.4, 0.5) is 8.78 Å². The third-order valence-electron chi connectivity index (χ3n) is 6.51. The Bertz CT molecular complexity index is 723. The van der Waals surface area contributed by atoms with E-state index in [1.807, 2.05) is 0 Å². The Kier molecular flexibility index (Phi) is 4.16. The molecule has 0 saturated heterocycles. The summed E-state index contributed by atoms with van der Waals surface area (Å²) >= 11 is 0. The van der Waals surface area contributed by atoms with Crippen molar-refractivity contribution in [3.63, 3.8) is 0 Å². The average molecular weight is 380 g/mol. The number of carboxylic acids is 1. The van der Waals surface area contributed by atoms with Gasteiger partial charge >= 0.3 is 17.9 Å². The zero-order chi connectivity index (χ0) is 19.4. The van der Waals surface area contributed by atoms with E-state index in [0.717, 1.165) is 31.4 Å². The molecular weight excluding hydrogens is 358 g/mol. The third-order valence-corrected chi connectivity index (χ3v) is 6.51. The molecule has 7 heteroatoms. The van der Waals surface area contributed by atoms with Gasteiger partial charge in [-0.3, -0.25) is 4.79 Å². The number of esters is 1. The van der Waals surface area contributed by atoms with E-state index in [0.29, 0.717) is 37.0 Å². The second kappa shape index (κ2) is 6.17. The largest absolute Gasteiger partial charge is 0.508 e. The minimum Gasteiger partial charge on any atom is -0.508 e. The molecule has 1 aromatic rings. The maximum absolute atomic E-state index is 14.4. The number of carbonyl (C=O) groups is 2. The van der Waals surface area contributed by atoms with Crippen molar-refractivity contribution in [2.75, 3.05) is 0 Å². The Hall–Kier alpha value is -2.18. The summed E-state index contributed by atoms with van der Waals surface area (Å²) in [6.45, 7) is 0. The van der Waals surface area contributed by atoms with Crippen LogP contribution >= 0.6 is 0 Å². The number of halogens is 2. The molecule has 0 radical (unpaired) electrons. The molecule has 4 aliphatic carbocycles. The van der Waals surface area contributed by atoms with Crippen molar-refractivity contribution < 1.29 is 33.3 Å². The summed E-state index contributed by atoms with van der Waals surface area (Å²) in [4.78, 5) is 24.2. The predicted octanol–water partition coefficient (Wildman–Crippen LogP) is 3.91. The molecule has 4 fully saturated rings. The number of phenols is 1. The summed E-state index contributed by atoms with van der Waals surface area (Å²) in [7, 11) is 0. The number of phenolic OH excluding ortho intramolecular Hbond substituents is 1. The molecule has 27 heavy (non-hydrogen) atoms. The Morgan fingerprint density at radius 2 is 1.52 bits per heavy atom. The first-order valence-electron chi connectivity index (χ1n) is 9.31. The summed E-state index contributed by atoms with van der Waals surface area (Å²) in [6.07, 6.45) is 2.93. The van der Waals surface area contributed by atoms with E-state index in [9.17, 15) is 23.5 Å². The number of aromatic hydroxyl groups is 1. The monoisotopic (exact) mass is 380 g/mol. The molecule has 0 aliphatic heterocycles. The Balaban J connectivity index is 1.62. The van der Waals surface area contributed by atoms with Gasteiger partial charge in [0.25, 0.3) is 0 Å². The van der Waals surface area contributed by atoms with Crippen LogP contribution in [0.5, 0.6) is 5.75 Å².